The first-order chi connectivity index (χ1) is 5.41. The van der Waals surface area contributed by atoms with Gasteiger partial charge in [0, 0.05) is 13.3 Å². The van der Waals surface area contributed by atoms with Crippen molar-refractivity contribution in [1.29, 1.82) is 0 Å². The smallest absolute Gasteiger partial charge is 0.281 e. The fourth-order valence-electron chi connectivity index (χ4n) is 0.505. The van der Waals surface area contributed by atoms with E-state index in [1.807, 2.05) is 0 Å². The zero-order valence-electron chi connectivity index (χ0n) is 6.76. The maximum atomic E-state index is 11.1. The molecule has 6 nitrogen and oxygen atoms in total. The summed E-state index contributed by atoms with van der Waals surface area (Å²) in [6, 6.07) is 0. The summed E-state index contributed by atoms with van der Waals surface area (Å²) in [6.45, 7) is 1.88. The van der Waals surface area contributed by atoms with Crippen molar-refractivity contribution in [3.63, 3.8) is 0 Å². The second-order valence-electron chi connectivity index (χ2n) is 2.29. The molecule has 72 valence electrons. The van der Waals surface area contributed by atoms with Crippen molar-refractivity contribution in [1.82, 2.24) is 0 Å². The highest BCUT2D eigenvalue weighted by Gasteiger charge is 2.26. The Morgan fingerprint density at radius 2 is 1.08 bits per heavy atom. The van der Waals surface area contributed by atoms with E-state index in [0.717, 1.165) is 0 Å². The average Bonchev–Trinajstić information content (AvgIpc) is 1.82. The van der Waals surface area contributed by atoms with Gasteiger partial charge >= 0.3 is 15.2 Å². The predicted molar refractivity (Wildman–Crippen MR) is 41.1 cm³/mol. The van der Waals surface area contributed by atoms with Crippen molar-refractivity contribution in [3.8, 4) is 0 Å². The van der Waals surface area contributed by atoms with Crippen molar-refractivity contribution < 1.29 is 27.2 Å². The highest BCUT2D eigenvalue weighted by Crippen LogP contribution is 2.51. The minimum Gasteiger partial charge on any atom is -0.281 e. The number of rotatable bonds is 0. The minimum atomic E-state index is -3.09. The van der Waals surface area contributed by atoms with Crippen molar-refractivity contribution in [2.45, 2.75) is 0 Å². The summed E-state index contributed by atoms with van der Waals surface area (Å²) in [7, 11) is -6.17. The van der Waals surface area contributed by atoms with Gasteiger partial charge in [-0.25, -0.2) is 0 Å². The van der Waals surface area contributed by atoms with E-state index in [9.17, 15) is 9.13 Å². The fraction of sp³-hybridized carbons (Fsp3) is 1.00. The lowest BCUT2D eigenvalue weighted by Crippen LogP contribution is -2.07. The first kappa shape index (κ1) is 10.4. The average molecular weight is 216 g/mol. The van der Waals surface area contributed by atoms with Crippen LogP contribution in [0.3, 0.4) is 0 Å². The molecule has 12 heavy (non-hydrogen) atoms. The third-order valence-electron chi connectivity index (χ3n) is 1.15. The molecule has 0 aromatic rings. The summed E-state index contributed by atoms with van der Waals surface area (Å²) in [4.78, 5) is 0. The normalized spacial score (nSPS) is 44.8. The predicted octanol–water partition coefficient (Wildman–Crippen LogP) is 1.63. The van der Waals surface area contributed by atoms with Crippen LogP contribution in [0.25, 0.3) is 0 Å². The summed E-state index contributed by atoms with van der Waals surface area (Å²) < 4.78 is 40.9. The van der Waals surface area contributed by atoms with Crippen molar-refractivity contribution in [2.24, 2.45) is 0 Å². The van der Waals surface area contributed by atoms with Gasteiger partial charge in [-0.2, -0.15) is 0 Å². The third kappa shape index (κ3) is 3.35. The van der Waals surface area contributed by atoms with Crippen LogP contribution < -0.4 is 0 Å². The van der Waals surface area contributed by atoms with Gasteiger partial charge in [-0.1, -0.05) is 0 Å². The molecule has 1 heterocycles. The molecule has 0 amide bonds. The van der Waals surface area contributed by atoms with Crippen LogP contribution in [-0.2, 0) is 27.2 Å². The van der Waals surface area contributed by atoms with E-state index in [1.54, 1.807) is 0 Å². The largest absolute Gasteiger partial charge is 0.331 e. The number of hydrogen-bond acceptors (Lipinski definition) is 6. The topological polar surface area (TPSA) is 71.1 Å². The number of hydrogen-bond donors (Lipinski definition) is 0. The van der Waals surface area contributed by atoms with Crippen molar-refractivity contribution in [2.75, 3.05) is 26.9 Å². The Morgan fingerprint density at radius 1 is 0.833 bits per heavy atom. The Kier molecular flexibility index (Phi) is 3.10. The van der Waals surface area contributed by atoms with Gasteiger partial charge in [0.2, 0.25) is 0 Å². The molecule has 0 aromatic heterocycles. The molecule has 0 atom stereocenters. The maximum absolute atomic E-state index is 11.1. The van der Waals surface area contributed by atoms with E-state index in [-0.39, 0.29) is 13.6 Å². The Labute approximate surface area is 70.2 Å². The molecular weight excluding hydrogens is 206 g/mol. The van der Waals surface area contributed by atoms with Crippen LogP contribution in [0.1, 0.15) is 0 Å². The standard InChI is InChI=1S/C4H10O6P2/c1-11(5)7-3-9-12(2,6)10-4-8-11/h3-4H2,1-2H3. The summed E-state index contributed by atoms with van der Waals surface area (Å²) in [6.07, 6.45) is 0. The molecule has 0 N–H and O–H groups in total. The van der Waals surface area contributed by atoms with E-state index in [2.05, 4.69) is 18.1 Å². The quantitative estimate of drug-likeness (QED) is 0.573. The fourth-order valence-corrected chi connectivity index (χ4v) is 1.80. The maximum Gasteiger partial charge on any atom is 0.331 e. The zero-order chi connectivity index (χ0) is 9.24. The van der Waals surface area contributed by atoms with Gasteiger partial charge in [-0.05, 0) is 0 Å². The minimum absolute atomic E-state index is 0.346. The molecule has 0 unspecified atom stereocenters. The first-order valence-corrected chi connectivity index (χ1v) is 7.12. The molecule has 0 aliphatic carbocycles. The van der Waals surface area contributed by atoms with E-state index in [1.165, 1.54) is 13.3 Å². The van der Waals surface area contributed by atoms with E-state index >= 15 is 0 Å². The SMILES string of the molecule is CP1(=O)OCOP(C)(=O)OCO1. The Balaban J connectivity index is 2.57. The molecule has 1 rings (SSSR count). The van der Waals surface area contributed by atoms with E-state index in [0.29, 0.717) is 0 Å². The van der Waals surface area contributed by atoms with Gasteiger partial charge in [0.15, 0.2) is 13.6 Å². The summed E-state index contributed by atoms with van der Waals surface area (Å²) >= 11 is 0. The van der Waals surface area contributed by atoms with Gasteiger partial charge in [-0.3, -0.25) is 27.2 Å². The second-order valence-corrected chi connectivity index (χ2v) is 6.41. The molecule has 1 saturated heterocycles. The molecule has 1 aliphatic heterocycles. The second kappa shape index (κ2) is 3.58. The molecule has 0 aromatic carbocycles. The molecule has 0 radical (unpaired) electrons. The first-order valence-electron chi connectivity index (χ1n) is 3.14. The summed E-state index contributed by atoms with van der Waals surface area (Å²) in [5.74, 6) is 0. The third-order valence-corrected chi connectivity index (χ3v) is 3.45. The zero-order valence-corrected chi connectivity index (χ0v) is 8.55. The highest BCUT2D eigenvalue weighted by atomic mass is 31.2. The molecule has 8 heteroatoms. The van der Waals surface area contributed by atoms with Gasteiger partial charge < -0.3 is 0 Å². The van der Waals surface area contributed by atoms with Crippen LogP contribution in [0.5, 0.6) is 0 Å². The van der Waals surface area contributed by atoms with E-state index < -0.39 is 15.2 Å². The van der Waals surface area contributed by atoms with Gasteiger partial charge in [0.1, 0.15) is 0 Å². The summed E-state index contributed by atoms with van der Waals surface area (Å²) in [5.41, 5.74) is 0. The highest BCUT2D eigenvalue weighted by molar-refractivity contribution is 7.54. The van der Waals surface area contributed by atoms with Crippen LogP contribution in [0.2, 0.25) is 0 Å². The Morgan fingerprint density at radius 3 is 1.33 bits per heavy atom. The Hall–Kier alpha value is 0.300. The van der Waals surface area contributed by atoms with Crippen molar-refractivity contribution in [3.05, 3.63) is 0 Å². The van der Waals surface area contributed by atoms with Gasteiger partial charge in [0.25, 0.3) is 0 Å². The van der Waals surface area contributed by atoms with Crippen molar-refractivity contribution >= 4 is 15.2 Å². The molecule has 1 fully saturated rings. The molecule has 0 saturated carbocycles. The summed E-state index contributed by atoms with van der Waals surface area (Å²) in [5, 5.41) is 0. The lowest BCUT2D eigenvalue weighted by molar-refractivity contribution is 0.0131. The molecule has 1 aliphatic rings. The van der Waals surface area contributed by atoms with Crippen LogP contribution in [0.15, 0.2) is 0 Å². The molecular formula is C4H10O6P2. The van der Waals surface area contributed by atoms with E-state index in [4.69, 9.17) is 0 Å². The van der Waals surface area contributed by atoms with Gasteiger partial charge in [-0.15, -0.1) is 0 Å². The van der Waals surface area contributed by atoms with Crippen LogP contribution in [0.4, 0.5) is 0 Å². The van der Waals surface area contributed by atoms with Gasteiger partial charge in [0.05, 0.1) is 0 Å². The lowest BCUT2D eigenvalue weighted by atomic mass is 11.5. The van der Waals surface area contributed by atoms with Crippen LogP contribution in [-0.4, -0.2) is 26.9 Å². The van der Waals surface area contributed by atoms with Crippen LogP contribution in [0, 0.1) is 0 Å². The lowest BCUT2D eigenvalue weighted by Gasteiger charge is -2.21. The monoisotopic (exact) mass is 216 g/mol. The molecule has 0 bridgehead atoms. The Bertz CT molecular complexity index is 208. The molecule has 0 spiro atoms. The van der Waals surface area contributed by atoms with Crippen LogP contribution >= 0.6 is 15.2 Å².